The van der Waals surface area contributed by atoms with Crippen molar-refractivity contribution in [3.8, 4) is 0 Å². The van der Waals surface area contributed by atoms with Crippen molar-refractivity contribution in [2.45, 2.75) is 31.3 Å². The highest BCUT2D eigenvalue weighted by molar-refractivity contribution is 7.89. The van der Waals surface area contributed by atoms with Crippen molar-refractivity contribution < 1.29 is 17.6 Å². The number of carbonyl (C=O) groups is 1. The Morgan fingerprint density at radius 2 is 1.67 bits per heavy atom. The normalized spacial score (nSPS) is 12.6. The first-order valence-corrected chi connectivity index (χ1v) is 8.87. The number of hydrogen-bond donors (Lipinski definition) is 2. The monoisotopic (exact) mass is 350 g/mol. The van der Waals surface area contributed by atoms with E-state index in [2.05, 4.69) is 10.0 Å². The maximum absolute atomic E-state index is 12.9. The van der Waals surface area contributed by atoms with Gasteiger partial charge in [0.25, 0.3) is 0 Å². The van der Waals surface area contributed by atoms with Crippen LogP contribution < -0.4 is 10.0 Å². The van der Waals surface area contributed by atoms with Crippen LogP contribution in [0.15, 0.2) is 53.4 Å². The summed E-state index contributed by atoms with van der Waals surface area (Å²) in [5.41, 5.74) is 2.04. The topological polar surface area (TPSA) is 75.3 Å². The summed E-state index contributed by atoms with van der Waals surface area (Å²) in [7, 11) is -3.89. The lowest BCUT2D eigenvalue weighted by Gasteiger charge is -2.14. The average Bonchev–Trinajstić information content (AvgIpc) is 2.54. The summed E-state index contributed by atoms with van der Waals surface area (Å²) < 4.78 is 39.5. The van der Waals surface area contributed by atoms with Crippen molar-refractivity contribution in [3.63, 3.8) is 0 Å². The highest BCUT2D eigenvalue weighted by Crippen LogP contribution is 2.10. The van der Waals surface area contributed by atoms with E-state index in [1.807, 2.05) is 31.2 Å². The first-order valence-electron chi connectivity index (χ1n) is 7.39. The second-order valence-electron chi connectivity index (χ2n) is 5.50. The molecule has 0 aliphatic heterocycles. The summed E-state index contributed by atoms with van der Waals surface area (Å²) in [6.07, 6.45) is 0. The number of aryl methyl sites for hydroxylation is 1. The smallest absolute Gasteiger partial charge is 0.241 e. The maximum Gasteiger partial charge on any atom is 0.241 e. The number of nitrogens with one attached hydrogen (secondary N) is 2. The standard InChI is InChI=1S/C17H19FN2O3S/c1-12-3-5-14(6-4-12)11-19-17(21)13(2)20-24(22,23)16-9-7-15(18)8-10-16/h3-10,13,20H,11H2,1-2H3,(H,19,21)/t13-/m1/s1. The number of hydrogen-bond acceptors (Lipinski definition) is 3. The molecule has 0 aromatic heterocycles. The summed E-state index contributed by atoms with van der Waals surface area (Å²) >= 11 is 0. The van der Waals surface area contributed by atoms with E-state index in [1.165, 1.54) is 6.92 Å². The van der Waals surface area contributed by atoms with Crippen molar-refractivity contribution in [1.82, 2.24) is 10.0 Å². The van der Waals surface area contributed by atoms with E-state index in [0.717, 1.165) is 35.4 Å². The second kappa shape index (κ2) is 7.55. The second-order valence-corrected chi connectivity index (χ2v) is 7.21. The van der Waals surface area contributed by atoms with Gasteiger partial charge >= 0.3 is 0 Å². The molecule has 0 spiro atoms. The first-order chi connectivity index (χ1) is 11.3. The Bertz CT molecular complexity index is 803. The van der Waals surface area contributed by atoms with Crippen molar-refractivity contribution in [1.29, 1.82) is 0 Å². The Labute approximate surface area is 141 Å². The minimum absolute atomic E-state index is 0.0953. The van der Waals surface area contributed by atoms with E-state index in [-0.39, 0.29) is 4.90 Å². The van der Waals surface area contributed by atoms with Gasteiger partial charge in [-0.25, -0.2) is 12.8 Å². The number of sulfonamides is 1. The molecular weight excluding hydrogens is 331 g/mol. The molecule has 2 rings (SSSR count). The molecule has 128 valence electrons. The fourth-order valence-electron chi connectivity index (χ4n) is 2.02. The van der Waals surface area contributed by atoms with Crippen molar-refractivity contribution in [2.75, 3.05) is 0 Å². The van der Waals surface area contributed by atoms with E-state index >= 15 is 0 Å². The van der Waals surface area contributed by atoms with E-state index in [0.29, 0.717) is 6.54 Å². The molecule has 7 heteroatoms. The van der Waals surface area contributed by atoms with Crippen LogP contribution in [0, 0.1) is 12.7 Å². The summed E-state index contributed by atoms with van der Waals surface area (Å²) in [5.74, 6) is -0.973. The molecule has 2 aromatic rings. The average molecular weight is 350 g/mol. The highest BCUT2D eigenvalue weighted by Gasteiger charge is 2.21. The van der Waals surface area contributed by atoms with Gasteiger partial charge in [-0.2, -0.15) is 4.72 Å². The van der Waals surface area contributed by atoms with Crippen LogP contribution in [0.1, 0.15) is 18.1 Å². The van der Waals surface area contributed by atoms with Gasteiger partial charge in [-0.3, -0.25) is 4.79 Å². The number of rotatable bonds is 6. The molecule has 1 amide bonds. The number of benzene rings is 2. The van der Waals surface area contributed by atoms with E-state index in [1.54, 1.807) is 0 Å². The molecule has 2 N–H and O–H groups in total. The Balaban J connectivity index is 1.95. The van der Waals surface area contributed by atoms with Gasteiger partial charge in [0, 0.05) is 6.54 Å². The molecule has 0 fully saturated rings. The Hall–Kier alpha value is -2.25. The van der Waals surface area contributed by atoms with E-state index in [4.69, 9.17) is 0 Å². The van der Waals surface area contributed by atoms with Gasteiger partial charge < -0.3 is 5.32 Å². The van der Waals surface area contributed by atoms with Crippen molar-refractivity contribution >= 4 is 15.9 Å². The number of amides is 1. The third-order valence-electron chi connectivity index (χ3n) is 3.44. The molecule has 0 bridgehead atoms. The van der Waals surface area contributed by atoms with Gasteiger partial charge in [-0.15, -0.1) is 0 Å². The van der Waals surface area contributed by atoms with Crippen LogP contribution in [0.3, 0.4) is 0 Å². The largest absolute Gasteiger partial charge is 0.351 e. The predicted octanol–water partition coefficient (Wildman–Crippen LogP) is 2.12. The zero-order chi connectivity index (χ0) is 17.7. The molecule has 2 aromatic carbocycles. The molecule has 0 unspecified atom stereocenters. The molecule has 0 heterocycles. The lowest BCUT2D eigenvalue weighted by Crippen LogP contribution is -2.44. The Kier molecular flexibility index (Phi) is 5.69. The summed E-state index contributed by atoms with van der Waals surface area (Å²) in [5, 5.41) is 2.68. The fourth-order valence-corrected chi connectivity index (χ4v) is 3.22. The SMILES string of the molecule is Cc1ccc(CNC(=O)[C@@H](C)NS(=O)(=O)c2ccc(F)cc2)cc1. The minimum atomic E-state index is -3.89. The van der Waals surface area contributed by atoms with Crippen LogP contribution in [0.5, 0.6) is 0 Å². The fraction of sp³-hybridized carbons (Fsp3) is 0.235. The quantitative estimate of drug-likeness (QED) is 0.838. The molecule has 0 aliphatic rings. The van der Waals surface area contributed by atoms with Crippen LogP contribution >= 0.6 is 0 Å². The van der Waals surface area contributed by atoms with E-state index in [9.17, 15) is 17.6 Å². The van der Waals surface area contributed by atoms with Crippen LogP contribution in [-0.2, 0) is 21.4 Å². The van der Waals surface area contributed by atoms with Gasteiger partial charge in [0.2, 0.25) is 15.9 Å². The molecule has 0 saturated heterocycles. The third kappa shape index (κ3) is 4.87. The first kappa shape index (κ1) is 18.1. The van der Waals surface area contributed by atoms with Crippen LogP contribution in [0.2, 0.25) is 0 Å². The number of halogens is 1. The molecule has 0 saturated carbocycles. The summed E-state index contributed by atoms with van der Waals surface area (Å²) in [6.45, 7) is 3.72. The lowest BCUT2D eigenvalue weighted by atomic mass is 10.1. The zero-order valence-electron chi connectivity index (χ0n) is 13.4. The molecule has 24 heavy (non-hydrogen) atoms. The highest BCUT2D eigenvalue weighted by atomic mass is 32.2. The van der Waals surface area contributed by atoms with Crippen LogP contribution in [0.25, 0.3) is 0 Å². The van der Waals surface area contributed by atoms with E-state index < -0.39 is 27.8 Å². The van der Waals surface area contributed by atoms with Gasteiger partial charge in [-0.1, -0.05) is 29.8 Å². The van der Waals surface area contributed by atoms with Gasteiger partial charge in [0.15, 0.2) is 0 Å². The molecule has 0 radical (unpaired) electrons. The molecular formula is C17H19FN2O3S. The Morgan fingerprint density at radius 1 is 1.08 bits per heavy atom. The van der Waals surface area contributed by atoms with Crippen molar-refractivity contribution in [3.05, 3.63) is 65.5 Å². The van der Waals surface area contributed by atoms with Gasteiger partial charge in [0.1, 0.15) is 5.82 Å². The minimum Gasteiger partial charge on any atom is -0.351 e. The summed E-state index contributed by atoms with van der Waals surface area (Å²) in [4.78, 5) is 12.0. The van der Waals surface area contributed by atoms with Crippen molar-refractivity contribution in [2.24, 2.45) is 0 Å². The molecule has 0 aliphatic carbocycles. The summed E-state index contributed by atoms with van der Waals surface area (Å²) in [6, 6.07) is 11.1. The van der Waals surface area contributed by atoms with Crippen LogP contribution in [-0.4, -0.2) is 20.4 Å². The molecule has 1 atom stereocenters. The maximum atomic E-state index is 12.9. The third-order valence-corrected chi connectivity index (χ3v) is 4.99. The zero-order valence-corrected chi connectivity index (χ0v) is 14.2. The lowest BCUT2D eigenvalue weighted by molar-refractivity contribution is -0.122. The van der Waals surface area contributed by atoms with Gasteiger partial charge in [-0.05, 0) is 43.7 Å². The number of carbonyl (C=O) groups excluding carboxylic acids is 1. The van der Waals surface area contributed by atoms with Gasteiger partial charge in [0.05, 0.1) is 10.9 Å². The van der Waals surface area contributed by atoms with Crippen LogP contribution in [0.4, 0.5) is 4.39 Å². The molecule has 5 nitrogen and oxygen atoms in total. The Morgan fingerprint density at radius 3 is 2.25 bits per heavy atom. The predicted molar refractivity (Wildman–Crippen MR) is 89.2 cm³/mol.